The van der Waals surface area contributed by atoms with Crippen molar-refractivity contribution in [3.8, 4) is 5.75 Å². The zero-order valence-electron chi connectivity index (χ0n) is 21.0. The van der Waals surface area contributed by atoms with Crippen LogP contribution >= 0.6 is 11.6 Å². The van der Waals surface area contributed by atoms with E-state index in [2.05, 4.69) is 93.6 Å². The zero-order chi connectivity index (χ0) is 24.5. The maximum absolute atomic E-state index is 6.77. The average Bonchev–Trinajstić information content (AvgIpc) is 2.85. The first-order chi connectivity index (χ1) is 16.5. The molecule has 0 heterocycles. The highest BCUT2D eigenvalue weighted by Gasteiger charge is 2.16. The molecule has 0 aliphatic carbocycles. The summed E-state index contributed by atoms with van der Waals surface area (Å²) < 4.78 is 5.39. The molecule has 0 amide bonds. The Balaban J connectivity index is 2.25. The number of allylic oxidation sites excluding steroid dienone is 4. The van der Waals surface area contributed by atoms with Gasteiger partial charge in [0.25, 0.3) is 0 Å². The molecule has 0 aromatic heterocycles. The molecule has 0 saturated heterocycles. The number of rotatable bonds is 9. The van der Waals surface area contributed by atoms with Crippen LogP contribution in [-0.4, -0.2) is 7.11 Å². The van der Waals surface area contributed by atoms with E-state index < -0.39 is 0 Å². The Hall–Kier alpha value is -3.03. The summed E-state index contributed by atoms with van der Waals surface area (Å²) in [5, 5.41) is 0.707. The highest BCUT2D eigenvalue weighted by atomic mass is 35.5. The number of benzene rings is 3. The van der Waals surface area contributed by atoms with E-state index in [9.17, 15) is 0 Å². The zero-order valence-corrected chi connectivity index (χ0v) is 21.7. The molecular formula is C32H35ClO. The summed E-state index contributed by atoms with van der Waals surface area (Å²) >= 11 is 6.77. The lowest BCUT2D eigenvalue weighted by molar-refractivity contribution is 0.415. The molecule has 0 atom stereocenters. The van der Waals surface area contributed by atoms with Crippen LogP contribution in [0.25, 0.3) is 23.3 Å². The van der Waals surface area contributed by atoms with Crippen molar-refractivity contribution in [2.75, 3.05) is 7.11 Å². The summed E-state index contributed by atoms with van der Waals surface area (Å²) in [6.45, 7) is 8.68. The van der Waals surface area contributed by atoms with Crippen LogP contribution in [0.2, 0.25) is 5.02 Å². The molecule has 3 aromatic carbocycles. The largest absolute Gasteiger partial charge is 0.497 e. The van der Waals surface area contributed by atoms with Gasteiger partial charge in [-0.3, -0.25) is 0 Å². The molecule has 176 valence electrons. The van der Waals surface area contributed by atoms with E-state index in [1.807, 2.05) is 19.1 Å². The normalized spacial score (nSPS) is 12.7. The Kier molecular flexibility index (Phi) is 9.36. The van der Waals surface area contributed by atoms with Gasteiger partial charge in [0.05, 0.1) is 12.1 Å². The van der Waals surface area contributed by atoms with Gasteiger partial charge in [-0.15, -0.1) is 0 Å². The molecule has 1 nitrogen and oxygen atoms in total. The van der Waals surface area contributed by atoms with Gasteiger partial charge in [0.15, 0.2) is 0 Å². The third-order valence-electron chi connectivity index (χ3n) is 6.06. The van der Waals surface area contributed by atoms with E-state index in [0.29, 0.717) is 5.02 Å². The molecule has 0 N–H and O–H groups in total. The lowest BCUT2D eigenvalue weighted by atomic mass is 9.87. The standard InChI is InChI=1S/C32H35ClO/c1-6-11-24-15-17-26(18-16-24)32(23(4)21-27-14-10-9-13-25(27)12-7-2)29(8-3)30-20-19-28(34-5)22-31(30)33/h6,9-11,13-22H,7-8,12H2,1-5H3/b11-6+,23-21+,32-29-. The van der Waals surface area contributed by atoms with Crippen molar-refractivity contribution in [3.63, 3.8) is 0 Å². The van der Waals surface area contributed by atoms with Crippen molar-refractivity contribution in [1.29, 1.82) is 0 Å². The predicted octanol–water partition coefficient (Wildman–Crippen LogP) is 9.76. The number of ether oxygens (including phenoxy) is 1. The molecule has 0 bridgehead atoms. The summed E-state index contributed by atoms with van der Waals surface area (Å²) in [7, 11) is 1.67. The smallest absolute Gasteiger partial charge is 0.120 e. The maximum Gasteiger partial charge on any atom is 0.120 e. The average molecular weight is 471 g/mol. The maximum atomic E-state index is 6.77. The molecule has 0 radical (unpaired) electrons. The molecule has 0 saturated carbocycles. The Morgan fingerprint density at radius 1 is 0.971 bits per heavy atom. The van der Waals surface area contributed by atoms with Crippen LogP contribution in [0.3, 0.4) is 0 Å². The molecule has 2 heteroatoms. The number of hydrogen-bond acceptors (Lipinski definition) is 1. The highest BCUT2D eigenvalue weighted by molar-refractivity contribution is 6.33. The monoisotopic (exact) mass is 470 g/mol. The van der Waals surface area contributed by atoms with Crippen molar-refractivity contribution in [2.45, 2.75) is 47.0 Å². The Morgan fingerprint density at radius 2 is 1.71 bits per heavy atom. The number of halogens is 1. The van der Waals surface area contributed by atoms with E-state index in [0.717, 1.165) is 30.6 Å². The topological polar surface area (TPSA) is 9.23 Å². The predicted molar refractivity (Wildman–Crippen MR) is 150 cm³/mol. The first kappa shape index (κ1) is 25.6. The summed E-state index contributed by atoms with van der Waals surface area (Å²) in [5.74, 6) is 0.766. The molecule has 3 aromatic rings. The third-order valence-corrected chi connectivity index (χ3v) is 6.37. The summed E-state index contributed by atoms with van der Waals surface area (Å²) in [5.41, 5.74) is 9.79. The van der Waals surface area contributed by atoms with Crippen molar-refractivity contribution in [3.05, 3.63) is 111 Å². The number of hydrogen-bond donors (Lipinski definition) is 0. The van der Waals surface area contributed by atoms with Gasteiger partial charge in [0.2, 0.25) is 0 Å². The van der Waals surface area contributed by atoms with Gasteiger partial charge in [0.1, 0.15) is 5.75 Å². The minimum absolute atomic E-state index is 0.707. The molecule has 0 fully saturated rings. The molecule has 0 aliphatic rings. The van der Waals surface area contributed by atoms with Gasteiger partial charge in [-0.1, -0.05) is 98.6 Å². The second-order valence-corrected chi connectivity index (χ2v) is 8.86. The summed E-state index contributed by atoms with van der Waals surface area (Å²) in [6, 6.07) is 23.4. The molecule has 34 heavy (non-hydrogen) atoms. The van der Waals surface area contributed by atoms with E-state index in [1.54, 1.807) is 7.11 Å². The molecule has 0 spiro atoms. The second-order valence-electron chi connectivity index (χ2n) is 8.45. The summed E-state index contributed by atoms with van der Waals surface area (Å²) in [4.78, 5) is 0. The van der Waals surface area contributed by atoms with Crippen LogP contribution in [0.15, 0.2) is 78.4 Å². The Bertz CT molecular complexity index is 1200. The fourth-order valence-corrected chi connectivity index (χ4v) is 4.72. The van der Waals surface area contributed by atoms with E-state index in [4.69, 9.17) is 16.3 Å². The Labute approximate surface area is 210 Å². The van der Waals surface area contributed by atoms with Gasteiger partial charge in [0, 0.05) is 0 Å². The molecule has 3 rings (SSSR count). The van der Waals surface area contributed by atoms with Gasteiger partial charge >= 0.3 is 0 Å². The van der Waals surface area contributed by atoms with Gasteiger partial charge in [-0.25, -0.2) is 0 Å². The van der Waals surface area contributed by atoms with Crippen LogP contribution in [0, 0.1) is 0 Å². The van der Waals surface area contributed by atoms with Crippen LogP contribution in [0.4, 0.5) is 0 Å². The SMILES string of the molecule is C/C=C/c1ccc(C(=C(/CC)c2ccc(OC)cc2Cl)/C(C)=C/c2ccccc2CCC)cc1. The first-order valence-corrected chi connectivity index (χ1v) is 12.5. The number of methoxy groups -OCH3 is 1. The van der Waals surface area contributed by atoms with E-state index >= 15 is 0 Å². The van der Waals surface area contributed by atoms with Gasteiger partial charge in [-0.05, 0) is 89.4 Å². The minimum atomic E-state index is 0.707. The van der Waals surface area contributed by atoms with Crippen molar-refractivity contribution in [2.24, 2.45) is 0 Å². The van der Waals surface area contributed by atoms with Crippen LogP contribution < -0.4 is 4.74 Å². The lowest BCUT2D eigenvalue weighted by Gasteiger charge is -2.19. The third kappa shape index (κ3) is 6.10. The fourth-order valence-electron chi connectivity index (χ4n) is 4.44. The lowest BCUT2D eigenvalue weighted by Crippen LogP contribution is -1.97. The minimum Gasteiger partial charge on any atom is -0.497 e. The van der Waals surface area contributed by atoms with Gasteiger partial charge in [-0.2, -0.15) is 0 Å². The van der Waals surface area contributed by atoms with E-state index in [1.165, 1.54) is 39.0 Å². The van der Waals surface area contributed by atoms with Crippen molar-refractivity contribution in [1.82, 2.24) is 0 Å². The fraction of sp³-hybridized carbons (Fsp3) is 0.250. The van der Waals surface area contributed by atoms with Crippen LogP contribution in [-0.2, 0) is 6.42 Å². The number of aryl methyl sites for hydroxylation is 1. The van der Waals surface area contributed by atoms with Crippen LogP contribution in [0.1, 0.15) is 68.4 Å². The summed E-state index contributed by atoms with van der Waals surface area (Å²) in [6.07, 6.45) is 9.57. The molecule has 0 aliphatic heterocycles. The Morgan fingerprint density at radius 3 is 2.32 bits per heavy atom. The second kappa shape index (κ2) is 12.4. The molecule has 0 unspecified atom stereocenters. The van der Waals surface area contributed by atoms with Crippen LogP contribution in [0.5, 0.6) is 5.75 Å². The van der Waals surface area contributed by atoms with E-state index in [-0.39, 0.29) is 0 Å². The van der Waals surface area contributed by atoms with Crippen molar-refractivity contribution < 1.29 is 4.74 Å². The van der Waals surface area contributed by atoms with Crippen molar-refractivity contribution >= 4 is 34.9 Å². The quantitative estimate of drug-likeness (QED) is 0.223. The first-order valence-electron chi connectivity index (χ1n) is 12.1. The molecular weight excluding hydrogens is 436 g/mol. The highest BCUT2D eigenvalue weighted by Crippen LogP contribution is 2.39. The van der Waals surface area contributed by atoms with Gasteiger partial charge < -0.3 is 4.74 Å².